The van der Waals surface area contributed by atoms with Crippen molar-refractivity contribution in [1.29, 1.82) is 0 Å². The first-order valence-corrected chi connectivity index (χ1v) is 7.49. The molecule has 0 saturated carbocycles. The van der Waals surface area contributed by atoms with Crippen molar-refractivity contribution < 1.29 is 0 Å². The predicted octanol–water partition coefficient (Wildman–Crippen LogP) is 4.37. The summed E-state index contributed by atoms with van der Waals surface area (Å²) in [5.74, 6) is 0. The molecule has 0 aliphatic carbocycles. The Hall–Kier alpha value is -0.130. The highest BCUT2D eigenvalue weighted by molar-refractivity contribution is 7.20. The van der Waals surface area contributed by atoms with Gasteiger partial charge in [-0.1, -0.05) is 23.2 Å². The van der Waals surface area contributed by atoms with Crippen molar-refractivity contribution in [3.8, 4) is 0 Å². The van der Waals surface area contributed by atoms with Gasteiger partial charge in [0.25, 0.3) is 0 Å². The summed E-state index contributed by atoms with van der Waals surface area (Å²) >= 11 is 15.0. The molecule has 0 saturated heterocycles. The van der Waals surface area contributed by atoms with E-state index in [1.807, 2.05) is 13.0 Å². The molecule has 2 aromatic rings. The Morgan fingerprint density at radius 1 is 1.35 bits per heavy atom. The fourth-order valence-corrected chi connectivity index (χ4v) is 4.12. The summed E-state index contributed by atoms with van der Waals surface area (Å²) in [6, 6.07) is 1.70. The van der Waals surface area contributed by atoms with Crippen molar-refractivity contribution in [2.75, 3.05) is 0 Å². The summed E-state index contributed by atoms with van der Waals surface area (Å²) in [7, 11) is 0. The number of thiophene rings is 1. The summed E-state index contributed by atoms with van der Waals surface area (Å²) in [5.41, 5.74) is 8.12. The first-order chi connectivity index (χ1) is 7.97. The highest BCUT2D eigenvalue weighted by atomic mass is 35.5. The average molecular weight is 307 g/mol. The van der Waals surface area contributed by atoms with Crippen LogP contribution in [0, 0.1) is 13.8 Å². The second kappa shape index (κ2) is 5.24. The van der Waals surface area contributed by atoms with Crippen LogP contribution in [0.3, 0.4) is 0 Å². The first-order valence-electron chi connectivity index (χ1n) is 5.10. The zero-order chi connectivity index (χ0) is 12.6. The fraction of sp³-hybridized carbons (Fsp3) is 0.364. The van der Waals surface area contributed by atoms with Crippen molar-refractivity contribution in [2.45, 2.75) is 26.3 Å². The van der Waals surface area contributed by atoms with Gasteiger partial charge in [0.2, 0.25) is 0 Å². The lowest BCUT2D eigenvalue weighted by Crippen LogP contribution is -2.12. The smallest absolute Gasteiger partial charge is 0.0992 e. The van der Waals surface area contributed by atoms with Crippen LogP contribution in [-0.4, -0.2) is 4.98 Å². The standard InChI is InChI=1S/C11H12Cl2N2S2/c1-5-6(2)16-10(15-5)4-8(14)7-3-9(12)17-11(7)13/h3,8H,4,14H2,1-2H3. The lowest BCUT2D eigenvalue weighted by molar-refractivity contribution is 0.720. The molecule has 0 aromatic carbocycles. The maximum absolute atomic E-state index is 6.13. The lowest BCUT2D eigenvalue weighted by Gasteiger charge is -2.08. The summed E-state index contributed by atoms with van der Waals surface area (Å²) in [5, 5.41) is 1.05. The van der Waals surface area contributed by atoms with E-state index in [4.69, 9.17) is 28.9 Å². The molecule has 0 amide bonds. The molecule has 2 aromatic heterocycles. The second-order valence-electron chi connectivity index (χ2n) is 3.84. The highest BCUT2D eigenvalue weighted by Crippen LogP contribution is 2.35. The number of nitrogens with two attached hydrogens (primary N) is 1. The van der Waals surface area contributed by atoms with E-state index in [0.717, 1.165) is 16.3 Å². The van der Waals surface area contributed by atoms with E-state index < -0.39 is 0 Å². The Morgan fingerprint density at radius 3 is 2.53 bits per heavy atom. The Bertz CT molecular complexity index is 514. The number of halogens is 2. The van der Waals surface area contributed by atoms with Crippen LogP contribution in [0.5, 0.6) is 0 Å². The SMILES string of the molecule is Cc1nc(CC(N)c2cc(Cl)sc2Cl)sc1C. The molecule has 2 heterocycles. The molecule has 0 radical (unpaired) electrons. The fourth-order valence-electron chi connectivity index (χ4n) is 1.53. The van der Waals surface area contributed by atoms with Crippen LogP contribution in [0.4, 0.5) is 0 Å². The van der Waals surface area contributed by atoms with Crippen molar-refractivity contribution in [2.24, 2.45) is 5.73 Å². The normalized spacial score (nSPS) is 13.0. The van der Waals surface area contributed by atoms with E-state index in [0.29, 0.717) is 15.1 Å². The molecule has 0 aliphatic rings. The molecular formula is C11H12Cl2N2S2. The number of rotatable bonds is 3. The third-order valence-electron chi connectivity index (χ3n) is 2.55. The summed E-state index contributed by atoms with van der Waals surface area (Å²) < 4.78 is 1.35. The van der Waals surface area contributed by atoms with Gasteiger partial charge in [-0.3, -0.25) is 0 Å². The second-order valence-corrected chi connectivity index (χ2v) is 7.41. The van der Waals surface area contributed by atoms with Gasteiger partial charge in [-0.05, 0) is 19.9 Å². The summed E-state index contributed by atoms with van der Waals surface area (Å²) in [6.45, 7) is 4.08. The zero-order valence-corrected chi connectivity index (χ0v) is 12.6. The molecule has 1 unspecified atom stereocenters. The van der Waals surface area contributed by atoms with Crippen molar-refractivity contribution in [3.63, 3.8) is 0 Å². The van der Waals surface area contributed by atoms with Gasteiger partial charge < -0.3 is 5.73 Å². The Morgan fingerprint density at radius 2 is 2.06 bits per heavy atom. The Balaban J connectivity index is 2.16. The largest absolute Gasteiger partial charge is 0.324 e. The van der Waals surface area contributed by atoms with Crippen LogP contribution in [-0.2, 0) is 6.42 Å². The van der Waals surface area contributed by atoms with Crippen LogP contribution in [0.15, 0.2) is 6.07 Å². The topological polar surface area (TPSA) is 38.9 Å². The minimum Gasteiger partial charge on any atom is -0.324 e. The molecule has 2 nitrogen and oxygen atoms in total. The molecule has 2 N–H and O–H groups in total. The lowest BCUT2D eigenvalue weighted by atomic mass is 10.1. The molecular weight excluding hydrogens is 295 g/mol. The highest BCUT2D eigenvalue weighted by Gasteiger charge is 2.16. The third-order valence-corrected chi connectivity index (χ3v) is 5.16. The van der Waals surface area contributed by atoms with Gasteiger partial charge in [0.1, 0.15) is 0 Å². The third kappa shape index (κ3) is 3.01. The van der Waals surface area contributed by atoms with Crippen molar-refractivity contribution in [1.82, 2.24) is 4.98 Å². The first kappa shape index (κ1) is 13.3. The number of hydrogen-bond acceptors (Lipinski definition) is 4. The Kier molecular flexibility index (Phi) is 4.10. The predicted molar refractivity (Wildman–Crippen MR) is 76.6 cm³/mol. The Labute approximate surface area is 118 Å². The zero-order valence-electron chi connectivity index (χ0n) is 9.46. The minimum atomic E-state index is -0.142. The quantitative estimate of drug-likeness (QED) is 0.914. The molecule has 2 rings (SSSR count). The van der Waals surface area contributed by atoms with Crippen LogP contribution in [0.25, 0.3) is 0 Å². The molecule has 0 spiro atoms. The number of thiazole rings is 1. The van der Waals surface area contributed by atoms with E-state index in [1.165, 1.54) is 16.2 Å². The maximum atomic E-state index is 6.13. The van der Waals surface area contributed by atoms with Gasteiger partial charge in [-0.15, -0.1) is 22.7 Å². The van der Waals surface area contributed by atoms with Gasteiger partial charge in [-0.25, -0.2) is 4.98 Å². The number of nitrogens with zero attached hydrogens (tertiary/aromatic N) is 1. The van der Waals surface area contributed by atoms with Gasteiger partial charge >= 0.3 is 0 Å². The minimum absolute atomic E-state index is 0.142. The number of aryl methyl sites for hydroxylation is 2. The molecule has 0 bridgehead atoms. The van der Waals surface area contributed by atoms with Gasteiger partial charge in [0.05, 0.1) is 19.4 Å². The van der Waals surface area contributed by atoms with Crippen LogP contribution in [0.2, 0.25) is 8.67 Å². The summed E-state index contributed by atoms with van der Waals surface area (Å²) in [6.07, 6.45) is 0.701. The van der Waals surface area contributed by atoms with Gasteiger partial charge in [-0.2, -0.15) is 0 Å². The average Bonchev–Trinajstić information content (AvgIpc) is 2.71. The number of hydrogen-bond donors (Lipinski definition) is 1. The van der Waals surface area contributed by atoms with Crippen LogP contribution >= 0.6 is 45.9 Å². The molecule has 92 valence electrons. The van der Waals surface area contributed by atoms with Crippen molar-refractivity contribution in [3.05, 3.63) is 35.9 Å². The summed E-state index contributed by atoms with van der Waals surface area (Å²) in [4.78, 5) is 5.72. The van der Waals surface area contributed by atoms with E-state index in [2.05, 4.69) is 11.9 Å². The maximum Gasteiger partial charge on any atom is 0.0992 e. The molecule has 0 fully saturated rings. The number of aromatic nitrogens is 1. The molecule has 6 heteroatoms. The molecule has 17 heavy (non-hydrogen) atoms. The van der Waals surface area contributed by atoms with Gasteiger partial charge in [0, 0.05) is 22.9 Å². The monoisotopic (exact) mass is 306 g/mol. The van der Waals surface area contributed by atoms with Crippen LogP contribution in [0.1, 0.15) is 27.2 Å². The molecule has 1 atom stereocenters. The van der Waals surface area contributed by atoms with E-state index in [1.54, 1.807) is 11.3 Å². The van der Waals surface area contributed by atoms with E-state index in [9.17, 15) is 0 Å². The van der Waals surface area contributed by atoms with E-state index in [-0.39, 0.29) is 6.04 Å². The van der Waals surface area contributed by atoms with Gasteiger partial charge in [0.15, 0.2) is 0 Å². The van der Waals surface area contributed by atoms with Crippen molar-refractivity contribution >= 4 is 45.9 Å². The van der Waals surface area contributed by atoms with E-state index >= 15 is 0 Å². The van der Waals surface area contributed by atoms with Crippen LogP contribution < -0.4 is 5.73 Å². The molecule has 0 aliphatic heterocycles.